The molecule has 1 aromatic rings. The average Bonchev–Trinajstić information content (AvgIpc) is 2.77. The zero-order valence-electron chi connectivity index (χ0n) is 9.85. The van der Waals surface area contributed by atoms with E-state index in [9.17, 15) is 9.59 Å². The Bertz CT molecular complexity index is 457. The van der Waals surface area contributed by atoms with E-state index in [-0.39, 0.29) is 11.9 Å². The van der Waals surface area contributed by atoms with Crippen LogP contribution in [-0.2, 0) is 4.79 Å². The molecule has 4 heteroatoms. The predicted molar refractivity (Wildman–Crippen MR) is 66.1 cm³/mol. The molecule has 1 saturated heterocycles. The molecule has 1 atom stereocenters. The Hall–Kier alpha value is -1.84. The molecule has 90 valence electrons. The number of anilines is 1. The topological polar surface area (TPSA) is 63.4 Å². The number of hydrogen-bond donors (Lipinski definition) is 1. The maximum Gasteiger partial charge on any atom is 0.240 e. The number of aryl methyl sites for hydroxylation is 1. The molecular formula is C13H16N2O2. The quantitative estimate of drug-likeness (QED) is 0.798. The first kappa shape index (κ1) is 11.6. The van der Waals surface area contributed by atoms with Gasteiger partial charge in [-0.3, -0.25) is 9.59 Å². The van der Waals surface area contributed by atoms with Crippen LogP contribution in [0.3, 0.4) is 0 Å². The third-order valence-corrected chi connectivity index (χ3v) is 3.20. The number of hydrogen-bond acceptors (Lipinski definition) is 3. The summed E-state index contributed by atoms with van der Waals surface area (Å²) in [4.78, 5) is 24.4. The van der Waals surface area contributed by atoms with Gasteiger partial charge in [0.1, 0.15) is 6.04 Å². The van der Waals surface area contributed by atoms with E-state index in [4.69, 9.17) is 5.73 Å². The van der Waals surface area contributed by atoms with Crippen molar-refractivity contribution < 1.29 is 9.59 Å². The van der Waals surface area contributed by atoms with Gasteiger partial charge in [-0.15, -0.1) is 0 Å². The number of primary amides is 1. The lowest BCUT2D eigenvalue weighted by Gasteiger charge is -2.25. The summed E-state index contributed by atoms with van der Waals surface area (Å²) >= 11 is 0. The third-order valence-electron chi connectivity index (χ3n) is 3.20. The molecule has 0 aliphatic carbocycles. The minimum atomic E-state index is -0.320. The molecule has 1 unspecified atom stereocenters. The number of rotatable bonds is 3. The number of nitrogens with zero attached hydrogens (tertiary/aromatic N) is 1. The van der Waals surface area contributed by atoms with Crippen molar-refractivity contribution in [1.29, 1.82) is 0 Å². The number of benzene rings is 1. The number of amides is 1. The number of nitrogens with two attached hydrogens (primary N) is 1. The molecule has 2 N–H and O–H groups in total. The van der Waals surface area contributed by atoms with Gasteiger partial charge in [-0.2, -0.15) is 0 Å². The first-order valence-corrected chi connectivity index (χ1v) is 5.75. The Morgan fingerprint density at radius 3 is 2.94 bits per heavy atom. The predicted octanol–water partition coefficient (Wildman–Crippen LogP) is 1.26. The number of carbonyl (C=O) groups excluding carboxylic acids is 2. The van der Waals surface area contributed by atoms with Crippen LogP contribution in [-0.4, -0.2) is 24.8 Å². The molecule has 0 spiro atoms. The molecule has 1 heterocycles. The van der Waals surface area contributed by atoms with Crippen LogP contribution >= 0.6 is 0 Å². The van der Waals surface area contributed by atoms with Gasteiger partial charge in [0.05, 0.1) is 0 Å². The molecule has 0 aromatic heterocycles. The Morgan fingerprint density at radius 1 is 1.53 bits per heavy atom. The molecule has 1 aromatic carbocycles. The second-order valence-corrected chi connectivity index (χ2v) is 4.43. The summed E-state index contributed by atoms with van der Waals surface area (Å²) in [6, 6.07) is 5.38. The van der Waals surface area contributed by atoms with E-state index in [2.05, 4.69) is 0 Å². The molecule has 2 rings (SSSR count). The summed E-state index contributed by atoms with van der Waals surface area (Å²) in [5.74, 6) is -0.320. The molecule has 0 bridgehead atoms. The Balaban J connectivity index is 2.39. The second kappa shape index (κ2) is 4.57. The standard InChI is InChI=1S/C13H16N2O2/c1-9-4-5-11(10(7-9)8-16)15-6-2-3-12(15)13(14)17/h4-5,7-8,12H,2-3,6H2,1H3,(H2,14,17). The zero-order valence-corrected chi connectivity index (χ0v) is 9.85. The van der Waals surface area contributed by atoms with Crippen molar-refractivity contribution in [2.24, 2.45) is 5.73 Å². The lowest BCUT2D eigenvalue weighted by Crippen LogP contribution is -2.40. The van der Waals surface area contributed by atoms with E-state index in [1.807, 2.05) is 30.0 Å². The van der Waals surface area contributed by atoms with Crippen molar-refractivity contribution in [1.82, 2.24) is 0 Å². The highest BCUT2D eigenvalue weighted by molar-refractivity contribution is 5.89. The maximum atomic E-state index is 11.3. The third kappa shape index (κ3) is 2.16. The Labute approximate surface area is 100 Å². The molecule has 1 aliphatic rings. The maximum absolute atomic E-state index is 11.3. The minimum absolute atomic E-state index is 0.281. The molecule has 4 nitrogen and oxygen atoms in total. The van der Waals surface area contributed by atoms with Gasteiger partial charge in [0.15, 0.2) is 6.29 Å². The van der Waals surface area contributed by atoms with Crippen molar-refractivity contribution in [3.63, 3.8) is 0 Å². The fourth-order valence-corrected chi connectivity index (χ4v) is 2.38. The fourth-order valence-electron chi connectivity index (χ4n) is 2.38. The summed E-state index contributed by atoms with van der Waals surface area (Å²) < 4.78 is 0. The van der Waals surface area contributed by atoms with Gasteiger partial charge in [0, 0.05) is 17.8 Å². The van der Waals surface area contributed by atoms with Crippen LogP contribution in [0.5, 0.6) is 0 Å². The molecule has 17 heavy (non-hydrogen) atoms. The number of aldehydes is 1. The fraction of sp³-hybridized carbons (Fsp3) is 0.385. The zero-order chi connectivity index (χ0) is 12.4. The first-order valence-electron chi connectivity index (χ1n) is 5.75. The van der Waals surface area contributed by atoms with E-state index < -0.39 is 0 Å². The molecule has 0 radical (unpaired) electrons. The highest BCUT2D eigenvalue weighted by atomic mass is 16.1. The summed E-state index contributed by atoms with van der Waals surface area (Å²) in [5, 5.41) is 0. The number of carbonyl (C=O) groups is 2. The van der Waals surface area contributed by atoms with Crippen molar-refractivity contribution in [2.45, 2.75) is 25.8 Å². The summed E-state index contributed by atoms with van der Waals surface area (Å²) in [7, 11) is 0. The Morgan fingerprint density at radius 2 is 2.29 bits per heavy atom. The lowest BCUT2D eigenvalue weighted by molar-refractivity contribution is -0.119. The second-order valence-electron chi connectivity index (χ2n) is 4.43. The summed E-state index contributed by atoms with van der Waals surface area (Å²) in [6.45, 7) is 2.71. The van der Waals surface area contributed by atoms with Gasteiger partial charge in [-0.25, -0.2) is 0 Å². The van der Waals surface area contributed by atoms with Gasteiger partial charge in [-0.1, -0.05) is 11.6 Å². The monoisotopic (exact) mass is 232 g/mol. The van der Waals surface area contributed by atoms with Gasteiger partial charge >= 0.3 is 0 Å². The van der Waals surface area contributed by atoms with Crippen molar-refractivity contribution in [2.75, 3.05) is 11.4 Å². The smallest absolute Gasteiger partial charge is 0.240 e. The van der Waals surface area contributed by atoms with Gasteiger partial charge in [0.25, 0.3) is 0 Å². The highest BCUT2D eigenvalue weighted by Gasteiger charge is 2.30. The lowest BCUT2D eigenvalue weighted by atomic mass is 10.1. The molecule has 1 amide bonds. The minimum Gasteiger partial charge on any atom is -0.368 e. The van der Waals surface area contributed by atoms with Crippen LogP contribution in [0, 0.1) is 6.92 Å². The van der Waals surface area contributed by atoms with Crippen LogP contribution in [0.1, 0.15) is 28.8 Å². The normalized spacial score (nSPS) is 19.4. The molecule has 1 aliphatic heterocycles. The largest absolute Gasteiger partial charge is 0.368 e. The first-order chi connectivity index (χ1) is 8.13. The molecule has 0 saturated carbocycles. The summed E-state index contributed by atoms with van der Waals surface area (Å²) in [6.07, 6.45) is 2.53. The van der Waals surface area contributed by atoms with E-state index in [0.29, 0.717) is 5.56 Å². The van der Waals surface area contributed by atoms with Gasteiger partial charge in [-0.05, 0) is 31.9 Å². The van der Waals surface area contributed by atoms with Gasteiger partial charge in [0.2, 0.25) is 5.91 Å². The van der Waals surface area contributed by atoms with Crippen molar-refractivity contribution in [3.8, 4) is 0 Å². The van der Waals surface area contributed by atoms with Crippen LogP contribution in [0.25, 0.3) is 0 Å². The van der Waals surface area contributed by atoms with Crippen LogP contribution in [0.2, 0.25) is 0 Å². The van der Waals surface area contributed by atoms with E-state index in [1.54, 1.807) is 0 Å². The molecular weight excluding hydrogens is 216 g/mol. The summed E-state index contributed by atoms with van der Waals surface area (Å²) in [5.41, 5.74) is 7.85. The van der Waals surface area contributed by atoms with Crippen LogP contribution in [0.15, 0.2) is 18.2 Å². The van der Waals surface area contributed by atoms with E-state index in [0.717, 1.165) is 36.9 Å². The van der Waals surface area contributed by atoms with Crippen molar-refractivity contribution >= 4 is 17.9 Å². The van der Waals surface area contributed by atoms with E-state index >= 15 is 0 Å². The van der Waals surface area contributed by atoms with Gasteiger partial charge < -0.3 is 10.6 Å². The van der Waals surface area contributed by atoms with Crippen LogP contribution < -0.4 is 10.6 Å². The van der Waals surface area contributed by atoms with E-state index in [1.165, 1.54) is 0 Å². The molecule has 1 fully saturated rings. The SMILES string of the molecule is Cc1ccc(N2CCCC2C(N)=O)c(C=O)c1. The average molecular weight is 232 g/mol. The van der Waals surface area contributed by atoms with Crippen molar-refractivity contribution in [3.05, 3.63) is 29.3 Å². The Kier molecular flexibility index (Phi) is 3.13. The highest BCUT2D eigenvalue weighted by Crippen LogP contribution is 2.28. The van der Waals surface area contributed by atoms with Crippen LogP contribution in [0.4, 0.5) is 5.69 Å².